The molecule has 1 fully saturated rings. The molecule has 1 saturated heterocycles. The van der Waals surface area contributed by atoms with Crippen LogP contribution in [0.15, 0.2) is 6.20 Å². The van der Waals surface area contributed by atoms with Gasteiger partial charge in [0.15, 0.2) is 0 Å². The standard InChI is InChI=1S/C14H20F3N3O2/c15-14(16,17)13-10(8-21)2-1-3-19(13)7-11-6-18-12-9-22-5-4-20(11)12/h6,10,13,21H,1-5,7-9H2/t10-,13-/m0/s1. The predicted octanol–water partition coefficient (Wildman–Crippen LogP) is 1.55. The molecule has 1 aromatic heterocycles. The number of hydrogen-bond acceptors (Lipinski definition) is 4. The lowest BCUT2D eigenvalue weighted by atomic mass is 9.89. The van der Waals surface area contributed by atoms with Crippen molar-refractivity contribution in [2.75, 3.05) is 19.8 Å². The van der Waals surface area contributed by atoms with Gasteiger partial charge in [-0.15, -0.1) is 0 Å². The Morgan fingerprint density at radius 2 is 2.18 bits per heavy atom. The van der Waals surface area contributed by atoms with Gasteiger partial charge in [0.25, 0.3) is 0 Å². The Kier molecular flexibility index (Phi) is 4.42. The van der Waals surface area contributed by atoms with E-state index in [1.165, 1.54) is 4.90 Å². The second kappa shape index (κ2) is 6.17. The van der Waals surface area contributed by atoms with Gasteiger partial charge in [0.1, 0.15) is 18.5 Å². The van der Waals surface area contributed by atoms with Crippen LogP contribution in [-0.2, 0) is 24.4 Å². The molecule has 0 spiro atoms. The Morgan fingerprint density at radius 1 is 1.36 bits per heavy atom. The summed E-state index contributed by atoms with van der Waals surface area (Å²) in [7, 11) is 0. The number of halogens is 3. The number of aromatic nitrogens is 2. The molecule has 1 N–H and O–H groups in total. The molecule has 3 rings (SSSR count). The highest BCUT2D eigenvalue weighted by Crippen LogP contribution is 2.36. The summed E-state index contributed by atoms with van der Waals surface area (Å²) in [5, 5.41) is 9.30. The fourth-order valence-electron chi connectivity index (χ4n) is 3.49. The number of fused-ring (bicyclic) bond motifs is 1. The molecule has 8 heteroatoms. The molecule has 2 aliphatic heterocycles. The zero-order valence-electron chi connectivity index (χ0n) is 12.2. The summed E-state index contributed by atoms with van der Waals surface area (Å²) >= 11 is 0. The summed E-state index contributed by atoms with van der Waals surface area (Å²) in [5.74, 6) is 0.0151. The smallest absolute Gasteiger partial charge is 0.396 e. The molecular weight excluding hydrogens is 299 g/mol. The van der Waals surface area contributed by atoms with Crippen molar-refractivity contribution in [1.29, 1.82) is 0 Å². The normalized spacial score (nSPS) is 26.9. The number of likely N-dealkylation sites (tertiary alicyclic amines) is 1. The van der Waals surface area contributed by atoms with E-state index in [-0.39, 0.29) is 6.54 Å². The van der Waals surface area contributed by atoms with E-state index in [0.717, 1.165) is 11.5 Å². The Bertz CT molecular complexity index is 518. The fraction of sp³-hybridized carbons (Fsp3) is 0.786. The average molecular weight is 319 g/mol. The van der Waals surface area contributed by atoms with Crippen molar-refractivity contribution in [2.24, 2.45) is 5.92 Å². The van der Waals surface area contributed by atoms with Gasteiger partial charge < -0.3 is 14.4 Å². The van der Waals surface area contributed by atoms with E-state index < -0.39 is 24.7 Å². The van der Waals surface area contributed by atoms with E-state index in [2.05, 4.69) is 4.98 Å². The van der Waals surface area contributed by atoms with Crippen LogP contribution >= 0.6 is 0 Å². The SMILES string of the molecule is OC[C@@H]1CCCN(Cc2cnc3n2CCOC3)[C@@H]1C(F)(F)F. The van der Waals surface area contributed by atoms with Gasteiger partial charge in [-0.05, 0) is 19.4 Å². The van der Waals surface area contributed by atoms with Gasteiger partial charge >= 0.3 is 6.18 Å². The number of ether oxygens (including phenoxy) is 1. The van der Waals surface area contributed by atoms with Gasteiger partial charge in [-0.1, -0.05) is 0 Å². The van der Waals surface area contributed by atoms with Crippen LogP contribution in [-0.4, -0.2) is 51.5 Å². The second-order valence-electron chi connectivity index (χ2n) is 5.91. The first-order chi connectivity index (χ1) is 10.5. The lowest BCUT2D eigenvalue weighted by Crippen LogP contribution is -2.54. The van der Waals surface area contributed by atoms with Crippen molar-refractivity contribution in [2.45, 2.75) is 44.8 Å². The third-order valence-corrected chi connectivity index (χ3v) is 4.51. The van der Waals surface area contributed by atoms with Crippen LogP contribution in [0.4, 0.5) is 13.2 Å². The Hall–Kier alpha value is -1.12. The number of aliphatic hydroxyl groups is 1. The number of rotatable bonds is 3. The minimum absolute atomic E-state index is 0.202. The summed E-state index contributed by atoms with van der Waals surface area (Å²) in [5.41, 5.74) is 0.783. The summed E-state index contributed by atoms with van der Waals surface area (Å²) in [6, 6.07) is -1.59. The highest BCUT2D eigenvalue weighted by molar-refractivity contribution is 5.07. The first-order valence-corrected chi connectivity index (χ1v) is 7.53. The van der Waals surface area contributed by atoms with E-state index in [4.69, 9.17) is 4.74 Å². The van der Waals surface area contributed by atoms with Crippen molar-refractivity contribution in [3.8, 4) is 0 Å². The van der Waals surface area contributed by atoms with Gasteiger partial charge in [-0.3, -0.25) is 4.90 Å². The maximum Gasteiger partial charge on any atom is 0.404 e. The van der Waals surface area contributed by atoms with Crippen LogP contribution in [0.1, 0.15) is 24.4 Å². The number of imidazole rings is 1. The molecule has 0 unspecified atom stereocenters. The van der Waals surface area contributed by atoms with E-state index in [9.17, 15) is 18.3 Å². The number of aliphatic hydroxyl groups excluding tert-OH is 1. The molecule has 0 aromatic carbocycles. The molecule has 2 atom stereocenters. The molecule has 22 heavy (non-hydrogen) atoms. The van der Waals surface area contributed by atoms with Crippen molar-refractivity contribution in [3.63, 3.8) is 0 Å². The van der Waals surface area contributed by atoms with Gasteiger partial charge in [0.2, 0.25) is 0 Å². The van der Waals surface area contributed by atoms with Crippen LogP contribution < -0.4 is 0 Å². The van der Waals surface area contributed by atoms with E-state index in [1.807, 2.05) is 4.57 Å². The van der Waals surface area contributed by atoms with Crippen LogP contribution in [0.2, 0.25) is 0 Å². The molecule has 0 aliphatic carbocycles. The summed E-state index contributed by atoms with van der Waals surface area (Å²) < 4.78 is 47.4. The van der Waals surface area contributed by atoms with Crippen LogP contribution in [0.5, 0.6) is 0 Å². The summed E-state index contributed by atoms with van der Waals surface area (Å²) in [4.78, 5) is 5.66. The molecule has 1 aromatic rings. The topological polar surface area (TPSA) is 50.5 Å². The molecule has 0 bridgehead atoms. The minimum atomic E-state index is -4.33. The van der Waals surface area contributed by atoms with E-state index in [1.54, 1.807) is 6.20 Å². The van der Waals surface area contributed by atoms with Crippen molar-refractivity contribution in [3.05, 3.63) is 17.7 Å². The lowest BCUT2D eigenvalue weighted by Gasteiger charge is -2.41. The van der Waals surface area contributed by atoms with Crippen molar-refractivity contribution >= 4 is 0 Å². The predicted molar refractivity (Wildman–Crippen MR) is 71.9 cm³/mol. The first-order valence-electron chi connectivity index (χ1n) is 7.53. The van der Waals surface area contributed by atoms with Crippen molar-refractivity contribution in [1.82, 2.24) is 14.5 Å². The lowest BCUT2D eigenvalue weighted by molar-refractivity contribution is -0.211. The molecular formula is C14H20F3N3O2. The molecule has 2 aliphatic rings. The van der Waals surface area contributed by atoms with Gasteiger partial charge in [0.05, 0.1) is 12.3 Å². The maximum absolute atomic E-state index is 13.4. The number of nitrogens with zero attached hydrogens (tertiary/aromatic N) is 3. The molecule has 0 saturated carbocycles. The fourth-order valence-corrected chi connectivity index (χ4v) is 3.49. The highest BCUT2D eigenvalue weighted by atomic mass is 19.4. The largest absolute Gasteiger partial charge is 0.404 e. The number of piperidine rings is 1. The van der Waals surface area contributed by atoms with E-state index in [0.29, 0.717) is 39.1 Å². The molecule has 124 valence electrons. The molecule has 3 heterocycles. The third kappa shape index (κ3) is 3.00. The Morgan fingerprint density at radius 3 is 2.91 bits per heavy atom. The molecule has 5 nitrogen and oxygen atoms in total. The third-order valence-electron chi connectivity index (χ3n) is 4.51. The first kappa shape index (κ1) is 15.8. The zero-order valence-corrected chi connectivity index (χ0v) is 12.2. The zero-order chi connectivity index (χ0) is 15.7. The van der Waals surface area contributed by atoms with Gasteiger partial charge in [-0.25, -0.2) is 4.98 Å². The number of hydrogen-bond donors (Lipinski definition) is 1. The highest BCUT2D eigenvalue weighted by Gasteiger charge is 2.49. The van der Waals surface area contributed by atoms with Gasteiger partial charge in [0, 0.05) is 31.8 Å². The Labute approximate surface area is 126 Å². The Balaban J connectivity index is 1.81. The van der Waals surface area contributed by atoms with Crippen LogP contribution in [0, 0.1) is 5.92 Å². The van der Waals surface area contributed by atoms with Gasteiger partial charge in [-0.2, -0.15) is 13.2 Å². The molecule has 0 amide bonds. The number of alkyl halides is 3. The summed E-state index contributed by atoms with van der Waals surface area (Å²) in [6.07, 6.45) is -1.61. The quantitative estimate of drug-likeness (QED) is 0.918. The summed E-state index contributed by atoms with van der Waals surface area (Å²) in [6.45, 7) is 1.74. The molecule has 0 radical (unpaired) electrons. The average Bonchev–Trinajstić information content (AvgIpc) is 2.89. The van der Waals surface area contributed by atoms with E-state index >= 15 is 0 Å². The van der Waals surface area contributed by atoms with Crippen LogP contribution in [0.3, 0.4) is 0 Å². The monoisotopic (exact) mass is 319 g/mol. The second-order valence-corrected chi connectivity index (χ2v) is 5.91. The maximum atomic E-state index is 13.4. The van der Waals surface area contributed by atoms with Crippen molar-refractivity contribution < 1.29 is 23.0 Å². The van der Waals surface area contributed by atoms with Crippen LogP contribution in [0.25, 0.3) is 0 Å². The minimum Gasteiger partial charge on any atom is -0.396 e.